The van der Waals surface area contributed by atoms with Crippen molar-refractivity contribution in [2.45, 2.75) is 50.0 Å². The zero-order valence-electron chi connectivity index (χ0n) is 16.7. The molecule has 1 spiro atoms. The van der Waals surface area contributed by atoms with E-state index in [1.165, 1.54) is 30.8 Å². The molecule has 3 aliphatic rings. The van der Waals surface area contributed by atoms with Crippen LogP contribution in [0, 0.1) is 31.6 Å². The molecule has 6 heteroatoms. The number of anilines is 1. The molecular formula is C22H29NO3S2. The van der Waals surface area contributed by atoms with Gasteiger partial charge in [0.15, 0.2) is 6.61 Å². The first-order valence-corrected chi connectivity index (χ1v) is 12.3. The first-order chi connectivity index (χ1) is 13.5. The van der Waals surface area contributed by atoms with Gasteiger partial charge < -0.3 is 10.1 Å². The third-order valence-electron chi connectivity index (χ3n) is 6.30. The average molecular weight is 420 g/mol. The fourth-order valence-corrected chi connectivity index (χ4v) is 9.24. The molecule has 1 unspecified atom stereocenters. The number of nitrogens with one attached hydrogen (secondary N) is 1. The van der Waals surface area contributed by atoms with Crippen LogP contribution in [-0.4, -0.2) is 34.1 Å². The minimum Gasteiger partial charge on any atom is -0.455 e. The quantitative estimate of drug-likeness (QED) is 0.711. The van der Waals surface area contributed by atoms with Gasteiger partial charge in [0.2, 0.25) is 0 Å². The Morgan fingerprint density at radius 3 is 2.29 bits per heavy atom. The van der Waals surface area contributed by atoms with Gasteiger partial charge in [-0.15, -0.1) is 23.5 Å². The molecule has 0 aromatic heterocycles. The van der Waals surface area contributed by atoms with Gasteiger partial charge in [-0.05, 0) is 74.6 Å². The van der Waals surface area contributed by atoms with Gasteiger partial charge >= 0.3 is 5.97 Å². The number of carbonyl (C=O) groups is 2. The minimum atomic E-state index is -0.271. The maximum absolute atomic E-state index is 12.7. The largest absolute Gasteiger partial charge is 0.455 e. The predicted octanol–water partition coefficient (Wildman–Crippen LogP) is 4.79. The van der Waals surface area contributed by atoms with Gasteiger partial charge in [-0.2, -0.15) is 0 Å². The second-order valence-electron chi connectivity index (χ2n) is 8.44. The van der Waals surface area contributed by atoms with E-state index in [0.717, 1.165) is 29.7 Å². The standard InChI is InChI=1S/C22H29NO3S2/c1-14-8-15(2)10-19(9-14)23-20(24)13-26-21(25)16-11-17-4-3-5-18(12-16)22(17)27-6-7-28-22/h8-10,16-18H,3-7,11-13H2,1-2H3,(H,23,24)/t16?,17-,18+. The SMILES string of the molecule is Cc1cc(C)cc(NC(=O)COC(=O)C2C[C@H]3CCC[C@@H](C2)C32SCCS2)c1. The molecule has 1 amide bonds. The van der Waals surface area contributed by atoms with Gasteiger partial charge in [0.25, 0.3) is 5.91 Å². The summed E-state index contributed by atoms with van der Waals surface area (Å²) >= 11 is 4.28. The maximum Gasteiger partial charge on any atom is 0.309 e. The Balaban J connectivity index is 1.31. The lowest BCUT2D eigenvalue weighted by Crippen LogP contribution is -2.48. The zero-order chi connectivity index (χ0) is 19.7. The molecule has 3 fully saturated rings. The Bertz CT molecular complexity index is 724. The molecule has 0 radical (unpaired) electrons. The lowest BCUT2D eigenvalue weighted by Gasteiger charge is -2.51. The van der Waals surface area contributed by atoms with Crippen molar-refractivity contribution in [1.82, 2.24) is 0 Å². The summed E-state index contributed by atoms with van der Waals surface area (Å²) in [5.74, 6) is 3.20. The van der Waals surface area contributed by atoms with E-state index < -0.39 is 0 Å². The van der Waals surface area contributed by atoms with Crippen molar-refractivity contribution < 1.29 is 14.3 Å². The number of thioether (sulfide) groups is 2. The lowest BCUT2D eigenvalue weighted by atomic mass is 9.67. The number of hydrogen-bond acceptors (Lipinski definition) is 5. The van der Waals surface area contributed by atoms with Crippen molar-refractivity contribution in [3.63, 3.8) is 0 Å². The summed E-state index contributed by atoms with van der Waals surface area (Å²) in [4.78, 5) is 24.9. The third kappa shape index (κ3) is 4.09. The predicted molar refractivity (Wildman–Crippen MR) is 117 cm³/mol. The van der Waals surface area contributed by atoms with Crippen LogP contribution in [0.5, 0.6) is 0 Å². The third-order valence-corrected chi connectivity index (χ3v) is 10.3. The van der Waals surface area contributed by atoms with Crippen LogP contribution in [0.2, 0.25) is 0 Å². The second kappa shape index (κ2) is 8.31. The zero-order valence-corrected chi connectivity index (χ0v) is 18.3. The summed E-state index contributed by atoms with van der Waals surface area (Å²) < 4.78 is 5.78. The molecule has 4 rings (SSSR count). The molecule has 3 atom stereocenters. The van der Waals surface area contributed by atoms with Crippen molar-refractivity contribution in [2.75, 3.05) is 23.4 Å². The second-order valence-corrected chi connectivity index (χ2v) is 11.4. The summed E-state index contributed by atoms with van der Waals surface area (Å²) in [6.07, 6.45) is 5.60. The highest BCUT2D eigenvalue weighted by Gasteiger charge is 2.55. The number of benzene rings is 1. The Hall–Kier alpha value is -1.14. The topological polar surface area (TPSA) is 55.4 Å². The highest BCUT2D eigenvalue weighted by atomic mass is 32.2. The molecule has 2 saturated carbocycles. The van der Waals surface area contributed by atoms with Gasteiger partial charge in [-0.1, -0.05) is 12.5 Å². The van der Waals surface area contributed by atoms with E-state index in [9.17, 15) is 9.59 Å². The molecule has 152 valence electrons. The lowest BCUT2D eigenvalue weighted by molar-refractivity contribution is -0.154. The van der Waals surface area contributed by atoms with Gasteiger partial charge in [0.1, 0.15) is 0 Å². The van der Waals surface area contributed by atoms with Gasteiger partial charge in [0.05, 0.1) is 10.00 Å². The molecular weight excluding hydrogens is 390 g/mol. The van der Waals surface area contributed by atoms with Crippen LogP contribution in [0.4, 0.5) is 5.69 Å². The number of hydrogen-bond donors (Lipinski definition) is 1. The highest BCUT2D eigenvalue weighted by Crippen LogP contribution is 2.64. The molecule has 1 saturated heterocycles. The Kier molecular flexibility index (Phi) is 5.98. The first-order valence-electron chi connectivity index (χ1n) is 10.3. The Morgan fingerprint density at radius 1 is 1.07 bits per heavy atom. The maximum atomic E-state index is 12.7. The Labute approximate surface area is 175 Å². The van der Waals surface area contributed by atoms with Crippen LogP contribution in [-0.2, 0) is 14.3 Å². The number of carbonyl (C=O) groups excluding carboxylic acids is 2. The summed E-state index contributed by atoms with van der Waals surface area (Å²) in [6, 6.07) is 5.90. The molecule has 1 aliphatic heterocycles. The Morgan fingerprint density at radius 2 is 1.68 bits per heavy atom. The molecule has 28 heavy (non-hydrogen) atoms. The molecule has 1 N–H and O–H groups in total. The van der Waals surface area contributed by atoms with E-state index in [4.69, 9.17) is 4.74 Å². The van der Waals surface area contributed by atoms with Crippen LogP contribution in [0.15, 0.2) is 18.2 Å². The van der Waals surface area contributed by atoms with E-state index in [1.807, 2.05) is 26.0 Å². The molecule has 1 aromatic carbocycles. The summed E-state index contributed by atoms with van der Waals surface area (Å²) in [7, 11) is 0. The van der Waals surface area contributed by atoms with Gasteiger partial charge in [-0.3, -0.25) is 9.59 Å². The normalized spacial score (nSPS) is 28.1. The van der Waals surface area contributed by atoms with Crippen molar-refractivity contribution in [2.24, 2.45) is 17.8 Å². The van der Waals surface area contributed by atoms with Gasteiger partial charge in [-0.25, -0.2) is 0 Å². The van der Waals surface area contributed by atoms with E-state index in [2.05, 4.69) is 34.9 Å². The number of rotatable bonds is 4. The minimum absolute atomic E-state index is 0.0447. The van der Waals surface area contributed by atoms with Crippen molar-refractivity contribution in [3.05, 3.63) is 29.3 Å². The van der Waals surface area contributed by atoms with E-state index in [-0.39, 0.29) is 24.4 Å². The molecule has 4 nitrogen and oxygen atoms in total. The molecule has 1 aromatic rings. The number of esters is 1. The molecule has 2 aliphatic carbocycles. The molecule has 1 heterocycles. The number of amides is 1. The summed E-state index contributed by atoms with van der Waals surface area (Å²) in [6.45, 7) is 3.79. The smallest absolute Gasteiger partial charge is 0.309 e. The van der Waals surface area contributed by atoms with Crippen molar-refractivity contribution in [3.8, 4) is 0 Å². The van der Waals surface area contributed by atoms with Crippen molar-refractivity contribution in [1.29, 1.82) is 0 Å². The van der Waals surface area contributed by atoms with E-state index >= 15 is 0 Å². The highest BCUT2D eigenvalue weighted by molar-refractivity contribution is 8.21. The number of ether oxygens (including phenoxy) is 1. The molecule has 2 bridgehead atoms. The van der Waals surface area contributed by atoms with Gasteiger partial charge in [0, 0.05) is 17.2 Å². The monoisotopic (exact) mass is 419 g/mol. The fourth-order valence-electron chi connectivity index (χ4n) is 5.30. The fraction of sp³-hybridized carbons (Fsp3) is 0.636. The summed E-state index contributed by atoms with van der Waals surface area (Å²) in [5, 5.41) is 2.84. The first kappa shape index (κ1) is 20.1. The van der Waals surface area contributed by atoms with Crippen molar-refractivity contribution >= 4 is 41.1 Å². The van der Waals surface area contributed by atoms with E-state index in [1.54, 1.807) is 0 Å². The van der Waals surface area contributed by atoms with Crippen LogP contribution >= 0.6 is 23.5 Å². The van der Waals surface area contributed by atoms with Crippen LogP contribution in [0.1, 0.15) is 43.2 Å². The van der Waals surface area contributed by atoms with Crippen LogP contribution in [0.25, 0.3) is 0 Å². The van der Waals surface area contributed by atoms with Crippen LogP contribution < -0.4 is 5.32 Å². The summed E-state index contributed by atoms with van der Waals surface area (Å²) in [5.41, 5.74) is 2.94. The number of aryl methyl sites for hydroxylation is 2. The van der Waals surface area contributed by atoms with E-state index in [0.29, 0.717) is 15.9 Å². The average Bonchev–Trinajstić information content (AvgIpc) is 3.08. The van der Waals surface area contributed by atoms with Crippen LogP contribution in [0.3, 0.4) is 0 Å².